The van der Waals surface area contributed by atoms with Crippen molar-refractivity contribution in [1.82, 2.24) is 0 Å². The summed E-state index contributed by atoms with van der Waals surface area (Å²) < 4.78 is 33.0. The van der Waals surface area contributed by atoms with Gasteiger partial charge in [-0.25, -0.2) is 0 Å². The monoisotopic (exact) mass is 594 g/mol. The van der Waals surface area contributed by atoms with Gasteiger partial charge >= 0.3 is 0 Å². The van der Waals surface area contributed by atoms with E-state index in [2.05, 4.69) is 0 Å². The Bertz CT molecular complexity index is 1350. The first-order valence-electron chi connectivity index (χ1n) is 15.4. The van der Waals surface area contributed by atoms with Crippen molar-refractivity contribution < 1.29 is 28.5 Å². The number of hydrogen-bond acceptors (Lipinski definition) is 6. The van der Waals surface area contributed by atoms with Crippen LogP contribution in [0.5, 0.6) is 0 Å². The van der Waals surface area contributed by atoms with Crippen molar-refractivity contribution in [2.45, 2.75) is 70.3 Å². The van der Waals surface area contributed by atoms with Gasteiger partial charge < -0.3 is 28.5 Å². The molecular weight excluding hydrogens is 552 g/mol. The summed E-state index contributed by atoms with van der Waals surface area (Å²) in [7, 11) is 0. The SMILES string of the molecule is C[C@H](C=O)C[C@H]1O[C@H](COCc2ccccc2)[C@H](OCc2ccccc2)[C@H](OCc2ccccc2)[C@H]1OCc1ccccc1. The second-order valence-corrected chi connectivity index (χ2v) is 11.3. The Morgan fingerprint density at radius 1 is 0.568 bits per heavy atom. The number of carbonyl (C=O) groups excluding carboxylic acids is 1. The summed E-state index contributed by atoms with van der Waals surface area (Å²) in [4.78, 5) is 11.8. The maximum atomic E-state index is 11.8. The van der Waals surface area contributed by atoms with E-state index in [1.165, 1.54) is 0 Å². The number of ether oxygens (including phenoxy) is 5. The van der Waals surface area contributed by atoms with E-state index in [9.17, 15) is 4.79 Å². The summed E-state index contributed by atoms with van der Waals surface area (Å²) in [5.74, 6) is -0.217. The minimum atomic E-state index is -0.488. The molecule has 0 N–H and O–H groups in total. The number of benzene rings is 4. The molecule has 4 aromatic carbocycles. The van der Waals surface area contributed by atoms with Crippen molar-refractivity contribution in [1.29, 1.82) is 0 Å². The number of aldehydes is 1. The second-order valence-electron chi connectivity index (χ2n) is 11.3. The van der Waals surface area contributed by atoms with E-state index in [1.807, 2.05) is 128 Å². The fourth-order valence-corrected chi connectivity index (χ4v) is 5.50. The molecule has 230 valence electrons. The zero-order valence-corrected chi connectivity index (χ0v) is 25.3. The van der Waals surface area contributed by atoms with Gasteiger partial charge in [-0.3, -0.25) is 0 Å². The molecule has 6 nitrogen and oxygen atoms in total. The van der Waals surface area contributed by atoms with Crippen molar-refractivity contribution in [2.24, 2.45) is 5.92 Å². The Labute approximate surface area is 260 Å². The molecule has 0 aromatic heterocycles. The van der Waals surface area contributed by atoms with Gasteiger partial charge in [0.05, 0.1) is 39.1 Å². The normalized spacial score (nSPS) is 22.3. The van der Waals surface area contributed by atoms with Gasteiger partial charge in [0.1, 0.15) is 30.7 Å². The lowest BCUT2D eigenvalue weighted by atomic mass is 9.89. The summed E-state index contributed by atoms with van der Waals surface area (Å²) >= 11 is 0. The van der Waals surface area contributed by atoms with Gasteiger partial charge in [0.25, 0.3) is 0 Å². The maximum absolute atomic E-state index is 11.8. The molecule has 0 saturated carbocycles. The highest BCUT2D eigenvalue weighted by atomic mass is 16.6. The fraction of sp³-hybridized carbons (Fsp3) is 0.342. The quantitative estimate of drug-likeness (QED) is 0.131. The fourth-order valence-electron chi connectivity index (χ4n) is 5.50. The Balaban J connectivity index is 1.43. The molecule has 5 rings (SSSR count). The molecule has 6 atom stereocenters. The lowest BCUT2D eigenvalue weighted by molar-refractivity contribution is -0.274. The van der Waals surface area contributed by atoms with Crippen molar-refractivity contribution in [2.75, 3.05) is 6.61 Å². The van der Waals surface area contributed by atoms with Crippen LogP contribution < -0.4 is 0 Å². The highest BCUT2D eigenvalue weighted by Gasteiger charge is 2.48. The van der Waals surface area contributed by atoms with Crippen LogP contribution in [0.4, 0.5) is 0 Å². The van der Waals surface area contributed by atoms with Gasteiger partial charge in [0.15, 0.2) is 0 Å². The number of hydrogen-bond donors (Lipinski definition) is 0. The minimum Gasteiger partial charge on any atom is -0.374 e. The Hall–Kier alpha value is -3.65. The number of carbonyl (C=O) groups is 1. The summed E-state index contributed by atoms with van der Waals surface area (Å²) in [6, 6.07) is 40.3. The predicted octanol–water partition coefficient (Wildman–Crippen LogP) is 6.95. The molecule has 44 heavy (non-hydrogen) atoms. The second kappa shape index (κ2) is 17.0. The average Bonchev–Trinajstić information content (AvgIpc) is 3.08. The average molecular weight is 595 g/mol. The van der Waals surface area contributed by atoms with E-state index in [4.69, 9.17) is 23.7 Å². The van der Waals surface area contributed by atoms with Crippen LogP contribution in [0.1, 0.15) is 35.6 Å². The molecule has 0 bridgehead atoms. The minimum absolute atomic E-state index is 0.217. The van der Waals surface area contributed by atoms with Crippen LogP contribution in [-0.4, -0.2) is 43.4 Å². The van der Waals surface area contributed by atoms with Crippen molar-refractivity contribution in [3.05, 3.63) is 144 Å². The molecule has 1 saturated heterocycles. The van der Waals surface area contributed by atoms with Crippen LogP contribution in [0, 0.1) is 5.92 Å². The summed E-state index contributed by atoms with van der Waals surface area (Å²) in [6.45, 7) is 3.81. The number of rotatable bonds is 16. The van der Waals surface area contributed by atoms with Crippen LogP contribution in [0.15, 0.2) is 121 Å². The van der Waals surface area contributed by atoms with E-state index >= 15 is 0 Å². The summed E-state index contributed by atoms with van der Waals surface area (Å²) in [5, 5.41) is 0. The summed E-state index contributed by atoms with van der Waals surface area (Å²) in [6.07, 6.45) is -0.827. The Kier molecular flexibility index (Phi) is 12.3. The third-order valence-electron chi connectivity index (χ3n) is 7.82. The van der Waals surface area contributed by atoms with Crippen molar-refractivity contribution >= 4 is 6.29 Å². The predicted molar refractivity (Wildman–Crippen MR) is 170 cm³/mol. The molecular formula is C38H42O6. The molecule has 1 heterocycles. The van der Waals surface area contributed by atoms with E-state index in [0.29, 0.717) is 39.5 Å². The largest absolute Gasteiger partial charge is 0.374 e. The lowest BCUT2D eigenvalue weighted by Crippen LogP contribution is -2.61. The van der Waals surface area contributed by atoms with Crippen LogP contribution in [-0.2, 0) is 54.9 Å². The van der Waals surface area contributed by atoms with Gasteiger partial charge in [-0.1, -0.05) is 128 Å². The molecule has 4 aromatic rings. The smallest absolute Gasteiger partial charge is 0.122 e. The van der Waals surface area contributed by atoms with Gasteiger partial charge in [0.2, 0.25) is 0 Å². The van der Waals surface area contributed by atoms with Gasteiger partial charge in [-0.2, -0.15) is 0 Å². The molecule has 0 unspecified atom stereocenters. The molecule has 0 radical (unpaired) electrons. The van der Waals surface area contributed by atoms with Crippen LogP contribution >= 0.6 is 0 Å². The van der Waals surface area contributed by atoms with Crippen molar-refractivity contribution in [3.8, 4) is 0 Å². The Morgan fingerprint density at radius 2 is 0.955 bits per heavy atom. The van der Waals surface area contributed by atoms with Crippen LogP contribution in [0.2, 0.25) is 0 Å². The van der Waals surface area contributed by atoms with Gasteiger partial charge in [-0.05, 0) is 28.7 Å². The van der Waals surface area contributed by atoms with Crippen LogP contribution in [0.3, 0.4) is 0 Å². The van der Waals surface area contributed by atoms with E-state index in [1.54, 1.807) is 0 Å². The lowest BCUT2D eigenvalue weighted by Gasteiger charge is -2.46. The maximum Gasteiger partial charge on any atom is 0.122 e. The highest BCUT2D eigenvalue weighted by Crippen LogP contribution is 2.33. The van der Waals surface area contributed by atoms with Crippen molar-refractivity contribution in [3.63, 3.8) is 0 Å². The standard InChI is InChI=1S/C38H42O6/c1-29(23-39)22-34-36(41-25-31-16-8-3-9-17-31)38(43-27-33-20-12-5-13-21-33)37(42-26-32-18-10-4-11-19-32)35(44-34)28-40-24-30-14-6-2-7-15-30/h2-21,23,29,34-38H,22,24-28H2,1H3/t29-,34+,35+,36-,37-,38+/m0/s1. The topological polar surface area (TPSA) is 63.2 Å². The zero-order chi connectivity index (χ0) is 30.4. The molecule has 6 heteroatoms. The van der Waals surface area contributed by atoms with E-state index in [-0.39, 0.29) is 5.92 Å². The molecule has 0 amide bonds. The first-order chi connectivity index (χ1) is 21.7. The molecule has 1 aliphatic heterocycles. The van der Waals surface area contributed by atoms with Gasteiger partial charge in [0, 0.05) is 5.92 Å². The van der Waals surface area contributed by atoms with E-state index < -0.39 is 30.5 Å². The molecule has 1 aliphatic rings. The van der Waals surface area contributed by atoms with Crippen LogP contribution in [0.25, 0.3) is 0 Å². The Morgan fingerprint density at radius 3 is 1.39 bits per heavy atom. The third-order valence-corrected chi connectivity index (χ3v) is 7.82. The molecule has 0 aliphatic carbocycles. The third kappa shape index (κ3) is 9.42. The molecule has 1 fully saturated rings. The zero-order valence-electron chi connectivity index (χ0n) is 25.3. The summed E-state index contributed by atoms with van der Waals surface area (Å²) in [5.41, 5.74) is 4.23. The molecule has 0 spiro atoms. The first-order valence-corrected chi connectivity index (χ1v) is 15.4. The van der Waals surface area contributed by atoms with E-state index in [0.717, 1.165) is 28.5 Å². The van der Waals surface area contributed by atoms with Gasteiger partial charge in [-0.15, -0.1) is 0 Å². The highest BCUT2D eigenvalue weighted by molar-refractivity contribution is 5.52. The first kappa shape index (κ1) is 31.8.